The number of hydrogen-bond donors (Lipinski definition) is 1. The Labute approximate surface area is 144 Å². The van der Waals surface area contributed by atoms with Gasteiger partial charge in [0.25, 0.3) is 0 Å². The number of nitrogens with zero attached hydrogens (tertiary/aromatic N) is 1. The molecule has 0 radical (unpaired) electrons. The van der Waals surface area contributed by atoms with Crippen LogP contribution in [0.3, 0.4) is 0 Å². The number of amides is 1. The Morgan fingerprint density at radius 2 is 1.83 bits per heavy atom. The largest absolute Gasteiger partial charge is 0.493 e. The lowest BCUT2D eigenvalue weighted by molar-refractivity contribution is -0.122. The molecule has 0 unspecified atom stereocenters. The Hall–Kier alpha value is -1.75. The lowest BCUT2D eigenvalue weighted by Crippen LogP contribution is -2.37. The average Bonchev–Trinajstić information content (AvgIpc) is 3.11. The van der Waals surface area contributed by atoms with Gasteiger partial charge in [-0.1, -0.05) is 12.8 Å². The summed E-state index contributed by atoms with van der Waals surface area (Å²) in [7, 11) is 3.33. The van der Waals surface area contributed by atoms with E-state index >= 15 is 0 Å². The van der Waals surface area contributed by atoms with E-state index in [1.165, 1.54) is 24.0 Å². The maximum Gasteiger partial charge on any atom is 0.221 e. The van der Waals surface area contributed by atoms with Gasteiger partial charge in [0.15, 0.2) is 11.5 Å². The van der Waals surface area contributed by atoms with Crippen LogP contribution in [0.5, 0.6) is 11.5 Å². The molecule has 1 fully saturated rings. The number of benzene rings is 1. The van der Waals surface area contributed by atoms with Crippen LogP contribution in [0.2, 0.25) is 0 Å². The molecule has 2 aliphatic rings. The molecule has 1 amide bonds. The maximum atomic E-state index is 12.1. The normalized spacial score (nSPS) is 18.2. The first-order chi connectivity index (χ1) is 11.7. The third kappa shape index (κ3) is 4.01. The van der Waals surface area contributed by atoms with Crippen LogP contribution in [0.15, 0.2) is 12.1 Å². The quantitative estimate of drug-likeness (QED) is 0.870. The molecule has 1 aliphatic carbocycles. The molecule has 3 rings (SSSR count). The van der Waals surface area contributed by atoms with E-state index in [1.54, 1.807) is 14.2 Å². The van der Waals surface area contributed by atoms with E-state index in [0.717, 1.165) is 50.4 Å². The number of ether oxygens (including phenoxy) is 2. The fourth-order valence-electron chi connectivity index (χ4n) is 3.76. The summed E-state index contributed by atoms with van der Waals surface area (Å²) in [5.41, 5.74) is 2.59. The first-order valence-corrected chi connectivity index (χ1v) is 8.95. The Bertz CT molecular complexity index is 582. The van der Waals surface area contributed by atoms with Crippen LogP contribution in [0.1, 0.15) is 43.2 Å². The monoisotopic (exact) mass is 332 g/mol. The highest BCUT2D eigenvalue weighted by Gasteiger charge is 2.21. The average molecular weight is 332 g/mol. The molecule has 24 heavy (non-hydrogen) atoms. The molecular formula is C19H28N2O3. The molecule has 1 heterocycles. The molecule has 132 valence electrons. The molecule has 1 N–H and O–H groups in total. The van der Waals surface area contributed by atoms with Crippen molar-refractivity contribution >= 4 is 5.91 Å². The van der Waals surface area contributed by atoms with E-state index in [9.17, 15) is 4.79 Å². The Balaban J connectivity index is 1.53. The summed E-state index contributed by atoms with van der Waals surface area (Å²) in [6, 6.07) is 4.56. The number of carbonyl (C=O) groups is 1. The topological polar surface area (TPSA) is 50.8 Å². The van der Waals surface area contributed by atoms with Crippen molar-refractivity contribution in [2.75, 3.05) is 27.3 Å². The van der Waals surface area contributed by atoms with Crippen molar-refractivity contribution in [2.24, 2.45) is 0 Å². The summed E-state index contributed by atoms with van der Waals surface area (Å²) in [4.78, 5) is 14.4. The van der Waals surface area contributed by atoms with E-state index in [0.29, 0.717) is 12.5 Å². The van der Waals surface area contributed by atoms with Crippen LogP contribution in [0.25, 0.3) is 0 Å². The Kier molecular flexibility index (Phi) is 5.61. The summed E-state index contributed by atoms with van der Waals surface area (Å²) < 4.78 is 10.8. The zero-order chi connectivity index (χ0) is 16.9. The van der Waals surface area contributed by atoms with Crippen LogP contribution in [0.4, 0.5) is 0 Å². The van der Waals surface area contributed by atoms with Gasteiger partial charge in [0.05, 0.1) is 14.2 Å². The fraction of sp³-hybridized carbons (Fsp3) is 0.632. The molecule has 1 saturated carbocycles. The minimum Gasteiger partial charge on any atom is -0.493 e. The van der Waals surface area contributed by atoms with Crippen molar-refractivity contribution in [2.45, 2.75) is 51.1 Å². The summed E-state index contributed by atoms with van der Waals surface area (Å²) in [5.74, 6) is 1.76. The number of hydrogen-bond acceptors (Lipinski definition) is 4. The van der Waals surface area contributed by atoms with Crippen molar-refractivity contribution in [3.63, 3.8) is 0 Å². The van der Waals surface area contributed by atoms with Gasteiger partial charge >= 0.3 is 0 Å². The zero-order valence-electron chi connectivity index (χ0n) is 14.8. The van der Waals surface area contributed by atoms with Crippen LogP contribution in [0, 0.1) is 0 Å². The van der Waals surface area contributed by atoms with E-state index in [2.05, 4.69) is 22.3 Å². The second-order valence-corrected chi connectivity index (χ2v) is 6.80. The summed E-state index contributed by atoms with van der Waals surface area (Å²) in [5, 5.41) is 3.17. The molecule has 0 bridgehead atoms. The first-order valence-electron chi connectivity index (χ1n) is 8.95. The van der Waals surface area contributed by atoms with Crippen LogP contribution in [-0.2, 0) is 17.8 Å². The summed E-state index contributed by atoms with van der Waals surface area (Å²) in [6.07, 6.45) is 6.35. The van der Waals surface area contributed by atoms with Gasteiger partial charge in [0.1, 0.15) is 0 Å². The molecule has 5 heteroatoms. The second-order valence-electron chi connectivity index (χ2n) is 6.80. The summed E-state index contributed by atoms with van der Waals surface area (Å²) >= 11 is 0. The van der Waals surface area contributed by atoms with Crippen molar-refractivity contribution in [1.82, 2.24) is 10.2 Å². The number of rotatable bonds is 6. The van der Waals surface area contributed by atoms with Crippen molar-refractivity contribution in [3.8, 4) is 11.5 Å². The standard InChI is InChI=1S/C19H28N2O3/c1-23-17-11-14-7-9-21(13-15(14)12-18(17)24-2)10-8-19(22)20-16-5-3-4-6-16/h11-12,16H,3-10,13H2,1-2H3,(H,20,22). The molecule has 1 aromatic carbocycles. The third-order valence-corrected chi connectivity index (χ3v) is 5.17. The molecule has 0 aromatic heterocycles. The highest BCUT2D eigenvalue weighted by atomic mass is 16.5. The Morgan fingerprint density at radius 3 is 2.50 bits per heavy atom. The zero-order valence-corrected chi connectivity index (χ0v) is 14.8. The summed E-state index contributed by atoms with van der Waals surface area (Å²) in [6.45, 7) is 2.66. The predicted molar refractivity (Wildman–Crippen MR) is 93.5 cm³/mol. The molecule has 0 atom stereocenters. The van der Waals surface area contributed by atoms with Gasteiger partial charge in [-0.15, -0.1) is 0 Å². The van der Waals surface area contributed by atoms with Crippen molar-refractivity contribution in [1.29, 1.82) is 0 Å². The third-order valence-electron chi connectivity index (χ3n) is 5.17. The van der Waals surface area contributed by atoms with Gasteiger partial charge in [0, 0.05) is 32.1 Å². The van der Waals surface area contributed by atoms with Crippen molar-refractivity contribution < 1.29 is 14.3 Å². The first kappa shape index (κ1) is 17.1. The van der Waals surface area contributed by atoms with Gasteiger partial charge in [-0.05, 0) is 42.5 Å². The van der Waals surface area contributed by atoms with Gasteiger partial charge in [-0.2, -0.15) is 0 Å². The van der Waals surface area contributed by atoms with Gasteiger partial charge in [-0.3, -0.25) is 9.69 Å². The van der Waals surface area contributed by atoms with E-state index in [1.807, 2.05) is 0 Å². The van der Waals surface area contributed by atoms with Crippen molar-refractivity contribution in [3.05, 3.63) is 23.3 Å². The molecule has 1 aliphatic heterocycles. The smallest absolute Gasteiger partial charge is 0.221 e. The SMILES string of the molecule is COc1cc2c(cc1OC)CN(CCC(=O)NC1CCCC1)CC2. The Morgan fingerprint density at radius 1 is 1.17 bits per heavy atom. The van der Waals surface area contributed by atoms with E-state index < -0.39 is 0 Å². The number of methoxy groups -OCH3 is 2. The van der Waals surface area contributed by atoms with Crippen LogP contribution < -0.4 is 14.8 Å². The number of fused-ring (bicyclic) bond motifs is 1. The highest BCUT2D eigenvalue weighted by molar-refractivity contribution is 5.76. The van der Waals surface area contributed by atoms with Gasteiger partial charge < -0.3 is 14.8 Å². The fourth-order valence-corrected chi connectivity index (χ4v) is 3.76. The minimum absolute atomic E-state index is 0.194. The van der Waals surface area contributed by atoms with Gasteiger partial charge in [-0.25, -0.2) is 0 Å². The molecule has 0 spiro atoms. The second kappa shape index (κ2) is 7.88. The minimum atomic E-state index is 0.194. The lowest BCUT2D eigenvalue weighted by Gasteiger charge is -2.29. The number of carbonyl (C=O) groups excluding carboxylic acids is 1. The van der Waals surface area contributed by atoms with E-state index in [-0.39, 0.29) is 5.91 Å². The lowest BCUT2D eigenvalue weighted by atomic mass is 9.98. The molecule has 0 saturated heterocycles. The van der Waals surface area contributed by atoms with Crippen LogP contribution in [-0.4, -0.2) is 44.2 Å². The number of nitrogens with one attached hydrogen (secondary N) is 1. The predicted octanol–water partition coefficient (Wildman–Crippen LogP) is 2.51. The van der Waals surface area contributed by atoms with Crippen LogP contribution >= 0.6 is 0 Å². The molecule has 1 aromatic rings. The molecular weight excluding hydrogens is 304 g/mol. The highest BCUT2D eigenvalue weighted by Crippen LogP contribution is 2.33. The van der Waals surface area contributed by atoms with E-state index in [4.69, 9.17) is 9.47 Å². The maximum absolute atomic E-state index is 12.1. The van der Waals surface area contributed by atoms with Gasteiger partial charge in [0.2, 0.25) is 5.91 Å². The molecule has 5 nitrogen and oxygen atoms in total.